The van der Waals surface area contributed by atoms with Crippen LogP contribution in [-0.2, 0) is 0 Å². The summed E-state index contributed by atoms with van der Waals surface area (Å²) in [5.41, 5.74) is 1.83. The standard InChI is InChI=1S/C16H11F2NOS/c17-12-6-4-10(5-7-12)15(20)16-19-14(9-21-16)11-2-1-3-13(18)8-11/h1-9,15,20H. The average Bonchev–Trinajstić information content (AvgIpc) is 2.97. The molecule has 2 nitrogen and oxygen atoms in total. The monoisotopic (exact) mass is 303 g/mol. The van der Waals surface area contributed by atoms with E-state index in [2.05, 4.69) is 4.98 Å². The zero-order chi connectivity index (χ0) is 14.8. The van der Waals surface area contributed by atoms with E-state index in [0.29, 0.717) is 21.8 Å². The van der Waals surface area contributed by atoms with Gasteiger partial charge in [-0.1, -0.05) is 24.3 Å². The third-order valence-corrected chi connectivity index (χ3v) is 3.96. The van der Waals surface area contributed by atoms with E-state index in [1.807, 2.05) is 0 Å². The molecule has 21 heavy (non-hydrogen) atoms. The Morgan fingerprint density at radius 2 is 1.76 bits per heavy atom. The van der Waals surface area contributed by atoms with Crippen LogP contribution < -0.4 is 0 Å². The highest BCUT2D eigenvalue weighted by Gasteiger charge is 2.15. The number of nitrogens with zero attached hydrogens (tertiary/aromatic N) is 1. The summed E-state index contributed by atoms with van der Waals surface area (Å²) >= 11 is 1.28. The zero-order valence-corrected chi connectivity index (χ0v) is 11.6. The lowest BCUT2D eigenvalue weighted by atomic mass is 10.1. The molecule has 0 spiro atoms. The number of hydrogen-bond donors (Lipinski definition) is 1. The molecule has 0 aliphatic heterocycles. The van der Waals surface area contributed by atoms with Gasteiger partial charge in [-0.2, -0.15) is 0 Å². The van der Waals surface area contributed by atoms with Crippen LogP contribution >= 0.6 is 11.3 Å². The highest BCUT2D eigenvalue weighted by Crippen LogP contribution is 2.29. The van der Waals surface area contributed by atoms with Gasteiger partial charge in [0.05, 0.1) is 5.69 Å². The van der Waals surface area contributed by atoms with E-state index >= 15 is 0 Å². The number of halogens is 2. The van der Waals surface area contributed by atoms with Gasteiger partial charge in [0.1, 0.15) is 22.7 Å². The molecule has 1 aromatic heterocycles. The van der Waals surface area contributed by atoms with Gasteiger partial charge in [-0.15, -0.1) is 11.3 Å². The lowest BCUT2D eigenvalue weighted by molar-refractivity contribution is 0.220. The number of rotatable bonds is 3. The summed E-state index contributed by atoms with van der Waals surface area (Å²) in [4.78, 5) is 4.33. The van der Waals surface area contributed by atoms with Crippen LogP contribution in [0.25, 0.3) is 11.3 Å². The Kier molecular flexibility index (Phi) is 3.77. The maximum absolute atomic E-state index is 13.2. The predicted molar refractivity (Wildman–Crippen MR) is 78.0 cm³/mol. The molecular formula is C16H11F2NOS. The highest BCUT2D eigenvalue weighted by atomic mass is 32.1. The zero-order valence-electron chi connectivity index (χ0n) is 10.8. The predicted octanol–water partition coefficient (Wildman–Crippen LogP) is 4.17. The fraction of sp³-hybridized carbons (Fsp3) is 0.0625. The van der Waals surface area contributed by atoms with Crippen LogP contribution in [0.3, 0.4) is 0 Å². The second-order valence-electron chi connectivity index (χ2n) is 4.54. The minimum atomic E-state index is -0.919. The van der Waals surface area contributed by atoms with Crippen molar-refractivity contribution in [2.24, 2.45) is 0 Å². The van der Waals surface area contributed by atoms with Crippen molar-refractivity contribution >= 4 is 11.3 Å². The third-order valence-electron chi connectivity index (χ3n) is 3.06. The molecule has 5 heteroatoms. The fourth-order valence-corrected chi connectivity index (χ4v) is 2.82. The molecule has 3 aromatic rings. The first-order chi connectivity index (χ1) is 10.1. The number of aromatic nitrogens is 1. The Balaban J connectivity index is 1.89. The molecule has 0 aliphatic carbocycles. The Labute approximate surface area is 124 Å². The smallest absolute Gasteiger partial charge is 0.131 e. The molecule has 1 N–H and O–H groups in total. The average molecular weight is 303 g/mol. The van der Waals surface area contributed by atoms with Gasteiger partial charge >= 0.3 is 0 Å². The van der Waals surface area contributed by atoms with Crippen LogP contribution in [0.5, 0.6) is 0 Å². The van der Waals surface area contributed by atoms with Crippen molar-refractivity contribution in [2.75, 3.05) is 0 Å². The number of aliphatic hydroxyl groups excluding tert-OH is 1. The molecule has 0 radical (unpaired) electrons. The van der Waals surface area contributed by atoms with Crippen LogP contribution in [0.1, 0.15) is 16.7 Å². The molecule has 3 rings (SSSR count). The van der Waals surface area contributed by atoms with Gasteiger partial charge in [-0.25, -0.2) is 13.8 Å². The Morgan fingerprint density at radius 3 is 2.48 bits per heavy atom. The summed E-state index contributed by atoms with van der Waals surface area (Å²) in [5, 5.41) is 12.5. The second-order valence-corrected chi connectivity index (χ2v) is 5.43. The summed E-state index contributed by atoms with van der Waals surface area (Å²) in [7, 11) is 0. The normalized spacial score (nSPS) is 12.3. The first-order valence-corrected chi connectivity index (χ1v) is 7.16. The van der Waals surface area contributed by atoms with E-state index in [1.54, 1.807) is 17.5 Å². The molecule has 1 heterocycles. The van der Waals surface area contributed by atoms with Gasteiger partial charge in [0, 0.05) is 10.9 Å². The number of thiazole rings is 1. The van der Waals surface area contributed by atoms with Crippen molar-refractivity contribution in [3.63, 3.8) is 0 Å². The Morgan fingerprint density at radius 1 is 1.00 bits per heavy atom. The van der Waals surface area contributed by atoms with Crippen LogP contribution in [0, 0.1) is 11.6 Å². The molecule has 0 saturated carbocycles. The van der Waals surface area contributed by atoms with Gasteiger partial charge in [0.15, 0.2) is 0 Å². The Bertz CT molecular complexity index is 755. The van der Waals surface area contributed by atoms with Crippen molar-refractivity contribution in [1.82, 2.24) is 4.98 Å². The number of aliphatic hydroxyl groups is 1. The summed E-state index contributed by atoms with van der Waals surface area (Å²) in [6, 6.07) is 11.7. The molecule has 1 atom stereocenters. The van der Waals surface area contributed by atoms with Crippen LogP contribution in [0.15, 0.2) is 53.9 Å². The van der Waals surface area contributed by atoms with Crippen molar-refractivity contribution < 1.29 is 13.9 Å². The molecule has 2 aromatic carbocycles. The topological polar surface area (TPSA) is 33.1 Å². The second kappa shape index (κ2) is 5.71. The SMILES string of the molecule is OC(c1ccc(F)cc1)c1nc(-c2cccc(F)c2)cs1. The van der Waals surface area contributed by atoms with Gasteiger partial charge in [0.2, 0.25) is 0 Å². The highest BCUT2D eigenvalue weighted by molar-refractivity contribution is 7.10. The maximum atomic E-state index is 13.2. The van der Waals surface area contributed by atoms with Crippen molar-refractivity contribution in [3.05, 3.63) is 76.1 Å². The van der Waals surface area contributed by atoms with Crippen molar-refractivity contribution in [2.45, 2.75) is 6.10 Å². The molecule has 0 aliphatic rings. The minimum absolute atomic E-state index is 0.332. The van der Waals surface area contributed by atoms with Crippen LogP contribution in [0.2, 0.25) is 0 Å². The first kappa shape index (κ1) is 13.9. The molecule has 0 fully saturated rings. The van der Waals surface area contributed by atoms with Gasteiger partial charge < -0.3 is 5.11 Å². The number of benzene rings is 2. The maximum Gasteiger partial charge on any atom is 0.131 e. The van der Waals surface area contributed by atoms with Crippen molar-refractivity contribution in [1.29, 1.82) is 0 Å². The molecule has 106 valence electrons. The van der Waals surface area contributed by atoms with Crippen LogP contribution in [0.4, 0.5) is 8.78 Å². The van der Waals surface area contributed by atoms with E-state index in [4.69, 9.17) is 0 Å². The molecule has 0 amide bonds. The first-order valence-electron chi connectivity index (χ1n) is 6.28. The summed E-state index contributed by atoms with van der Waals surface area (Å²) in [5.74, 6) is -0.688. The van der Waals surface area contributed by atoms with Gasteiger partial charge in [-0.3, -0.25) is 0 Å². The van der Waals surface area contributed by atoms with Crippen LogP contribution in [-0.4, -0.2) is 10.1 Å². The quantitative estimate of drug-likeness (QED) is 0.787. The van der Waals surface area contributed by atoms with E-state index < -0.39 is 6.10 Å². The summed E-state index contributed by atoms with van der Waals surface area (Å²) < 4.78 is 26.1. The summed E-state index contributed by atoms with van der Waals surface area (Å²) in [6.07, 6.45) is -0.919. The minimum Gasteiger partial charge on any atom is -0.381 e. The number of hydrogen-bond acceptors (Lipinski definition) is 3. The molecule has 0 bridgehead atoms. The van der Waals surface area contributed by atoms with E-state index in [1.165, 1.54) is 47.7 Å². The van der Waals surface area contributed by atoms with E-state index in [-0.39, 0.29) is 11.6 Å². The van der Waals surface area contributed by atoms with Crippen molar-refractivity contribution in [3.8, 4) is 11.3 Å². The molecule has 0 saturated heterocycles. The molecular weight excluding hydrogens is 292 g/mol. The van der Waals surface area contributed by atoms with E-state index in [9.17, 15) is 13.9 Å². The van der Waals surface area contributed by atoms with Gasteiger partial charge in [0.25, 0.3) is 0 Å². The largest absolute Gasteiger partial charge is 0.381 e. The lowest BCUT2D eigenvalue weighted by Gasteiger charge is -2.07. The van der Waals surface area contributed by atoms with E-state index in [0.717, 1.165) is 0 Å². The Hall–Kier alpha value is -2.11. The fourth-order valence-electron chi connectivity index (χ4n) is 1.98. The third kappa shape index (κ3) is 2.99. The summed E-state index contributed by atoms with van der Waals surface area (Å²) in [6.45, 7) is 0. The lowest BCUT2D eigenvalue weighted by Crippen LogP contribution is -1.99. The van der Waals surface area contributed by atoms with Gasteiger partial charge in [-0.05, 0) is 29.8 Å². The molecule has 1 unspecified atom stereocenters.